The van der Waals surface area contributed by atoms with Gasteiger partial charge in [0.25, 0.3) is 5.91 Å². The van der Waals surface area contributed by atoms with Crippen LogP contribution in [0.15, 0.2) is 30.5 Å². The summed E-state index contributed by atoms with van der Waals surface area (Å²) in [5.41, 5.74) is 2.44. The number of benzene rings is 1. The van der Waals surface area contributed by atoms with Gasteiger partial charge in [-0.15, -0.1) is 0 Å². The van der Waals surface area contributed by atoms with E-state index < -0.39 is 23.6 Å². The first-order valence-electron chi connectivity index (χ1n) is 10.2. The highest BCUT2D eigenvalue weighted by Crippen LogP contribution is 2.34. The number of halogens is 2. The van der Waals surface area contributed by atoms with E-state index in [1.807, 2.05) is 19.9 Å². The van der Waals surface area contributed by atoms with Gasteiger partial charge >= 0.3 is 0 Å². The minimum Gasteiger partial charge on any atom is -0.493 e. The van der Waals surface area contributed by atoms with Crippen LogP contribution in [-0.2, 0) is 11.3 Å². The first-order chi connectivity index (χ1) is 14.7. The largest absolute Gasteiger partial charge is 0.493 e. The summed E-state index contributed by atoms with van der Waals surface area (Å²) in [5, 5.41) is 2.67. The number of hydrogen-bond acceptors (Lipinski definition) is 4. The van der Waals surface area contributed by atoms with E-state index >= 15 is 0 Å². The lowest BCUT2D eigenvalue weighted by Crippen LogP contribution is -2.32. The fourth-order valence-corrected chi connectivity index (χ4v) is 3.51. The molecule has 2 aromatic heterocycles. The van der Waals surface area contributed by atoms with E-state index in [1.54, 1.807) is 23.8 Å². The third kappa shape index (κ3) is 3.63. The number of carbonyl (C=O) groups excluding carboxylic acids is 1. The first kappa shape index (κ1) is 19.0. The highest BCUT2D eigenvalue weighted by atomic mass is 19.2. The molecule has 0 spiro atoms. The normalized spacial score (nSPS) is 18.8. The van der Waals surface area contributed by atoms with Crippen LogP contribution in [0.4, 0.5) is 8.78 Å². The van der Waals surface area contributed by atoms with E-state index in [0.717, 1.165) is 23.5 Å². The molecule has 0 fully saturated rings. The van der Waals surface area contributed by atoms with Gasteiger partial charge in [-0.05, 0) is 24.1 Å². The number of aromatic nitrogens is 2. The standard InChI is InChI=1S/C22H23F2N3O3/c1-12(2)19-8-13(11-29-3)27-6-4-14(21(27)25-19)22(28)26-18-5-7-30-20-10-17(24)16(23)9-15(18)20/h4,6,8-10,12,18H,5,7,11H2,1-3H3,(H,26,28)/i18D. The van der Waals surface area contributed by atoms with Crippen molar-refractivity contribution in [2.24, 2.45) is 0 Å². The molecule has 0 saturated carbocycles. The molecular weight excluding hydrogens is 392 g/mol. The lowest BCUT2D eigenvalue weighted by molar-refractivity contribution is 0.0926. The minimum absolute atomic E-state index is 0.0461. The smallest absolute Gasteiger partial charge is 0.255 e. The van der Waals surface area contributed by atoms with E-state index in [0.29, 0.717) is 12.3 Å². The summed E-state index contributed by atoms with van der Waals surface area (Å²) >= 11 is 0. The van der Waals surface area contributed by atoms with Crippen LogP contribution in [0.5, 0.6) is 5.75 Å². The lowest BCUT2D eigenvalue weighted by Gasteiger charge is -2.26. The minimum atomic E-state index is -1.67. The summed E-state index contributed by atoms with van der Waals surface area (Å²) in [6.45, 7) is 4.44. The molecule has 1 aliphatic rings. The molecular formula is C22H23F2N3O3. The molecule has 0 bridgehead atoms. The molecule has 3 aromatic rings. The molecule has 3 heterocycles. The number of nitrogens with zero attached hydrogens (tertiary/aromatic N) is 2. The summed E-state index contributed by atoms with van der Waals surface area (Å²) in [7, 11) is 1.59. The van der Waals surface area contributed by atoms with Gasteiger partial charge in [0.05, 0.1) is 31.9 Å². The fourth-order valence-electron chi connectivity index (χ4n) is 3.51. The summed E-state index contributed by atoms with van der Waals surface area (Å²) in [6.07, 6.45) is 1.81. The molecule has 0 radical (unpaired) electrons. The van der Waals surface area contributed by atoms with Crippen LogP contribution in [0.3, 0.4) is 0 Å². The summed E-state index contributed by atoms with van der Waals surface area (Å²) in [6, 6.07) is 3.69. The van der Waals surface area contributed by atoms with E-state index in [-0.39, 0.29) is 35.8 Å². The molecule has 4 rings (SSSR count). The van der Waals surface area contributed by atoms with Gasteiger partial charge in [0.15, 0.2) is 11.6 Å². The lowest BCUT2D eigenvalue weighted by atomic mass is 10.00. The summed E-state index contributed by atoms with van der Waals surface area (Å²) in [4.78, 5) is 17.8. The molecule has 0 saturated heterocycles. The van der Waals surface area contributed by atoms with Crippen molar-refractivity contribution >= 4 is 11.6 Å². The van der Waals surface area contributed by atoms with Gasteiger partial charge in [-0.1, -0.05) is 13.8 Å². The van der Waals surface area contributed by atoms with Crippen molar-refractivity contribution in [1.29, 1.82) is 0 Å². The van der Waals surface area contributed by atoms with Crippen molar-refractivity contribution in [2.45, 2.75) is 38.8 Å². The zero-order valence-electron chi connectivity index (χ0n) is 18.0. The van der Waals surface area contributed by atoms with Crippen LogP contribution >= 0.6 is 0 Å². The Bertz CT molecular complexity index is 1160. The molecule has 0 aliphatic carbocycles. The number of amides is 1. The molecule has 8 heteroatoms. The molecule has 1 aliphatic heterocycles. The third-order valence-corrected chi connectivity index (χ3v) is 5.07. The predicted molar refractivity (Wildman–Crippen MR) is 107 cm³/mol. The molecule has 158 valence electrons. The molecule has 1 amide bonds. The maximum atomic E-state index is 13.9. The van der Waals surface area contributed by atoms with E-state index in [1.165, 1.54) is 0 Å². The van der Waals surface area contributed by atoms with Crippen LogP contribution in [0.25, 0.3) is 5.65 Å². The molecule has 1 N–H and O–H groups in total. The fraction of sp³-hybridized carbons (Fsp3) is 0.364. The average molecular weight is 416 g/mol. The zero-order valence-corrected chi connectivity index (χ0v) is 17.0. The van der Waals surface area contributed by atoms with Crippen LogP contribution in [-0.4, -0.2) is 29.0 Å². The number of nitrogens with one attached hydrogen (secondary N) is 1. The van der Waals surface area contributed by atoms with Crippen LogP contribution < -0.4 is 10.1 Å². The first-order valence-corrected chi connectivity index (χ1v) is 9.68. The van der Waals surface area contributed by atoms with E-state index in [2.05, 4.69) is 10.3 Å². The Labute approximate surface area is 174 Å². The van der Waals surface area contributed by atoms with Gasteiger partial charge in [-0.3, -0.25) is 4.79 Å². The summed E-state index contributed by atoms with van der Waals surface area (Å²) < 4.78 is 48.7. The third-order valence-electron chi connectivity index (χ3n) is 5.07. The van der Waals surface area contributed by atoms with Crippen molar-refractivity contribution in [1.82, 2.24) is 14.7 Å². The Balaban J connectivity index is 1.74. The van der Waals surface area contributed by atoms with Crippen molar-refractivity contribution in [2.75, 3.05) is 13.7 Å². The van der Waals surface area contributed by atoms with Gasteiger partial charge in [-0.2, -0.15) is 0 Å². The van der Waals surface area contributed by atoms with Crippen LogP contribution in [0, 0.1) is 11.6 Å². The predicted octanol–water partition coefficient (Wildman–Crippen LogP) is 4.14. The maximum Gasteiger partial charge on any atom is 0.255 e. The monoisotopic (exact) mass is 416 g/mol. The van der Waals surface area contributed by atoms with Gasteiger partial charge < -0.3 is 19.2 Å². The molecule has 1 unspecified atom stereocenters. The number of hydrogen-bond donors (Lipinski definition) is 1. The second-order valence-electron chi connectivity index (χ2n) is 7.48. The van der Waals surface area contributed by atoms with Gasteiger partial charge in [0.1, 0.15) is 11.4 Å². The van der Waals surface area contributed by atoms with Crippen molar-refractivity contribution < 1.29 is 24.4 Å². The SMILES string of the molecule is [2H]C1(NC(=O)c2ccn3c(COC)cc(C(C)C)nc23)CCOc2cc(F)c(F)cc21. The number of fused-ring (bicyclic) bond motifs is 2. The Morgan fingerprint density at radius 3 is 2.90 bits per heavy atom. The average Bonchev–Trinajstić information content (AvgIpc) is 3.14. The highest BCUT2D eigenvalue weighted by molar-refractivity contribution is 6.00. The molecule has 30 heavy (non-hydrogen) atoms. The Kier molecular flexibility index (Phi) is 5.08. The zero-order chi connectivity index (χ0) is 22.3. The highest BCUT2D eigenvalue weighted by Gasteiger charge is 2.27. The van der Waals surface area contributed by atoms with Crippen LogP contribution in [0.1, 0.15) is 60.9 Å². The number of methoxy groups -OCH3 is 1. The topological polar surface area (TPSA) is 64.9 Å². The van der Waals surface area contributed by atoms with Crippen molar-refractivity contribution in [3.05, 3.63) is 64.6 Å². The Morgan fingerprint density at radius 1 is 1.40 bits per heavy atom. The number of rotatable bonds is 5. The van der Waals surface area contributed by atoms with Gasteiger partial charge in [0.2, 0.25) is 0 Å². The van der Waals surface area contributed by atoms with Gasteiger partial charge in [0, 0.05) is 37.1 Å². The van der Waals surface area contributed by atoms with Gasteiger partial charge in [-0.25, -0.2) is 13.8 Å². The van der Waals surface area contributed by atoms with Crippen LogP contribution in [0.2, 0.25) is 0 Å². The number of ether oxygens (including phenoxy) is 2. The number of carbonyl (C=O) groups is 1. The van der Waals surface area contributed by atoms with Crippen molar-refractivity contribution in [3.63, 3.8) is 0 Å². The quantitative estimate of drug-likeness (QED) is 0.679. The molecule has 1 atom stereocenters. The van der Waals surface area contributed by atoms with E-state index in [4.69, 9.17) is 10.8 Å². The second-order valence-corrected chi connectivity index (χ2v) is 7.48. The Morgan fingerprint density at radius 2 is 2.17 bits per heavy atom. The maximum absolute atomic E-state index is 13.9. The Hall–Kier alpha value is -3.00. The second kappa shape index (κ2) is 8.02. The summed E-state index contributed by atoms with van der Waals surface area (Å²) in [5.74, 6) is -2.52. The van der Waals surface area contributed by atoms with Crippen molar-refractivity contribution in [3.8, 4) is 5.75 Å². The molecule has 1 aromatic carbocycles. The molecule has 6 nitrogen and oxygen atoms in total. The van der Waals surface area contributed by atoms with E-state index in [9.17, 15) is 13.6 Å².